The lowest BCUT2D eigenvalue weighted by Gasteiger charge is -2.11. The van der Waals surface area contributed by atoms with Crippen molar-refractivity contribution in [3.63, 3.8) is 0 Å². The van der Waals surface area contributed by atoms with Gasteiger partial charge >= 0.3 is 0 Å². The van der Waals surface area contributed by atoms with Crippen LogP contribution in [0.5, 0.6) is 0 Å². The Hall–Kier alpha value is -2.16. The Morgan fingerprint density at radius 1 is 0.875 bits per heavy atom. The molecule has 3 aromatic heterocycles. The maximum atomic E-state index is 5.50. The van der Waals surface area contributed by atoms with Gasteiger partial charge in [-0.25, -0.2) is 0 Å². The molecular formula is C13H12N2O. The first kappa shape index (κ1) is 9.09. The summed E-state index contributed by atoms with van der Waals surface area (Å²) in [5.41, 5.74) is 2.25. The number of rotatable bonds is 3. The van der Waals surface area contributed by atoms with Crippen molar-refractivity contribution in [1.29, 1.82) is 0 Å². The van der Waals surface area contributed by atoms with E-state index in [-0.39, 0.29) is 5.92 Å². The lowest BCUT2D eigenvalue weighted by atomic mass is 9.99. The van der Waals surface area contributed by atoms with Crippen molar-refractivity contribution in [3.8, 4) is 0 Å². The molecule has 3 rings (SSSR count). The van der Waals surface area contributed by atoms with Crippen molar-refractivity contribution >= 4 is 0 Å². The number of nitrogens with one attached hydrogen (secondary N) is 2. The lowest BCUT2D eigenvalue weighted by Crippen LogP contribution is -2.02. The van der Waals surface area contributed by atoms with Gasteiger partial charge in [-0.2, -0.15) is 0 Å². The molecule has 80 valence electrons. The fourth-order valence-corrected chi connectivity index (χ4v) is 1.98. The van der Waals surface area contributed by atoms with Crippen LogP contribution in [0.4, 0.5) is 0 Å². The fourth-order valence-electron chi connectivity index (χ4n) is 1.98. The van der Waals surface area contributed by atoms with Gasteiger partial charge in [0.15, 0.2) is 0 Å². The van der Waals surface area contributed by atoms with Gasteiger partial charge in [-0.3, -0.25) is 0 Å². The maximum absolute atomic E-state index is 5.50. The average molecular weight is 212 g/mol. The molecule has 0 radical (unpaired) electrons. The molecule has 0 spiro atoms. The minimum Gasteiger partial charge on any atom is -0.468 e. The van der Waals surface area contributed by atoms with Crippen LogP contribution in [0.1, 0.15) is 23.1 Å². The zero-order valence-corrected chi connectivity index (χ0v) is 8.68. The molecule has 0 saturated heterocycles. The molecule has 3 heteroatoms. The second-order valence-corrected chi connectivity index (χ2v) is 3.70. The number of aromatic amines is 2. The van der Waals surface area contributed by atoms with Crippen LogP contribution < -0.4 is 0 Å². The summed E-state index contributed by atoms with van der Waals surface area (Å²) < 4.78 is 5.50. The Morgan fingerprint density at radius 3 is 2.00 bits per heavy atom. The van der Waals surface area contributed by atoms with E-state index in [2.05, 4.69) is 22.1 Å². The summed E-state index contributed by atoms with van der Waals surface area (Å²) >= 11 is 0. The van der Waals surface area contributed by atoms with Crippen molar-refractivity contribution in [2.24, 2.45) is 0 Å². The molecule has 16 heavy (non-hydrogen) atoms. The number of H-pyrrole nitrogens is 2. The van der Waals surface area contributed by atoms with E-state index in [9.17, 15) is 0 Å². The van der Waals surface area contributed by atoms with Gasteiger partial charge in [-0.15, -0.1) is 0 Å². The molecule has 0 aromatic carbocycles. The highest BCUT2D eigenvalue weighted by Gasteiger charge is 2.20. The van der Waals surface area contributed by atoms with E-state index in [0.29, 0.717) is 0 Å². The number of aromatic nitrogens is 2. The third kappa shape index (κ3) is 1.46. The van der Waals surface area contributed by atoms with Gasteiger partial charge in [0.05, 0.1) is 12.2 Å². The second-order valence-electron chi connectivity index (χ2n) is 3.70. The molecule has 3 heterocycles. The van der Waals surface area contributed by atoms with Gasteiger partial charge in [0.1, 0.15) is 5.76 Å². The quantitative estimate of drug-likeness (QED) is 0.688. The molecule has 0 aliphatic carbocycles. The Balaban J connectivity index is 2.09. The standard InChI is InChI=1S/C13H12N2O/c1-4-10(14-7-1)13(11-5-2-8-15-11)12-6-3-9-16-12/h1-9,13-15H. The Kier molecular flexibility index (Phi) is 2.14. The highest BCUT2D eigenvalue weighted by atomic mass is 16.3. The molecule has 0 bridgehead atoms. The zero-order valence-electron chi connectivity index (χ0n) is 8.68. The summed E-state index contributed by atoms with van der Waals surface area (Å²) in [5.74, 6) is 1.05. The lowest BCUT2D eigenvalue weighted by molar-refractivity contribution is 0.499. The third-order valence-corrected chi connectivity index (χ3v) is 2.69. The van der Waals surface area contributed by atoms with Gasteiger partial charge in [-0.05, 0) is 36.4 Å². The highest BCUT2D eigenvalue weighted by Crippen LogP contribution is 2.29. The van der Waals surface area contributed by atoms with E-state index >= 15 is 0 Å². The Labute approximate surface area is 93.1 Å². The summed E-state index contributed by atoms with van der Waals surface area (Å²) in [6, 6.07) is 12.0. The van der Waals surface area contributed by atoms with Crippen molar-refractivity contribution in [1.82, 2.24) is 9.97 Å². The molecule has 0 fully saturated rings. The minimum absolute atomic E-state index is 0.111. The first-order valence-electron chi connectivity index (χ1n) is 5.25. The first-order chi connectivity index (χ1) is 7.95. The molecule has 2 N–H and O–H groups in total. The van der Waals surface area contributed by atoms with Crippen LogP contribution in [0, 0.1) is 0 Å². The van der Waals surface area contributed by atoms with Crippen LogP contribution in [0.25, 0.3) is 0 Å². The summed E-state index contributed by atoms with van der Waals surface area (Å²) in [6.07, 6.45) is 5.55. The van der Waals surface area contributed by atoms with Crippen LogP contribution in [0.3, 0.4) is 0 Å². The molecule has 3 aromatic rings. The second kappa shape index (κ2) is 3.77. The van der Waals surface area contributed by atoms with Crippen LogP contribution in [-0.2, 0) is 0 Å². The number of hydrogen-bond acceptors (Lipinski definition) is 1. The van der Waals surface area contributed by atoms with E-state index in [1.807, 2.05) is 36.7 Å². The smallest absolute Gasteiger partial charge is 0.118 e. The summed E-state index contributed by atoms with van der Waals surface area (Å²) in [6.45, 7) is 0. The molecule has 0 saturated carbocycles. The number of furan rings is 1. The van der Waals surface area contributed by atoms with Gasteiger partial charge in [0.25, 0.3) is 0 Å². The zero-order chi connectivity index (χ0) is 10.8. The summed E-state index contributed by atoms with van der Waals surface area (Å²) in [4.78, 5) is 6.47. The minimum atomic E-state index is 0.111. The van der Waals surface area contributed by atoms with Gasteiger partial charge in [-0.1, -0.05) is 0 Å². The normalized spacial score (nSPS) is 11.1. The molecule has 0 unspecified atom stereocenters. The van der Waals surface area contributed by atoms with E-state index in [0.717, 1.165) is 17.1 Å². The topological polar surface area (TPSA) is 44.7 Å². The van der Waals surface area contributed by atoms with Gasteiger partial charge < -0.3 is 14.4 Å². The number of hydrogen-bond donors (Lipinski definition) is 2. The van der Waals surface area contributed by atoms with E-state index in [4.69, 9.17) is 4.42 Å². The average Bonchev–Trinajstić information content (AvgIpc) is 3.02. The van der Waals surface area contributed by atoms with E-state index < -0.39 is 0 Å². The van der Waals surface area contributed by atoms with Crippen molar-refractivity contribution in [3.05, 3.63) is 72.2 Å². The Bertz CT molecular complexity index is 439. The third-order valence-electron chi connectivity index (χ3n) is 2.69. The van der Waals surface area contributed by atoms with Crippen LogP contribution in [0.2, 0.25) is 0 Å². The predicted molar refractivity (Wildman–Crippen MR) is 61.2 cm³/mol. The molecular weight excluding hydrogens is 200 g/mol. The first-order valence-corrected chi connectivity index (χ1v) is 5.25. The molecule has 0 aliphatic heterocycles. The SMILES string of the molecule is c1c[nH]c(C(c2ccc[nH]2)c2ccco2)c1. The fraction of sp³-hybridized carbons (Fsp3) is 0.0769. The predicted octanol–water partition coefficient (Wildman–Crippen LogP) is 3.12. The van der Waals surface area contributed by atoms with Crippen LogP contribution in [-0.4, -0.2) is 9.97 Å². The van der Waals surface area contributed by atoms with Gasteiger partial charge in [0, 0.05) is 23.8 Å². The van der Waals surface area contributed by atoms with E-state index in [1.165, 1.54) is 0 Å². The molecule has 0 atom stereocenters. The van der Waals surface area contributed by atoms with E-state index in [1.54, 1.807) is 6.26 Å². The Morgan fingerprint density at radius 2 is 1.56 bits per heavy atom. The monoisotopic (exact) mass is 212 g/mol. The van der Waals surface area contributed by atoms with Gasteiger partial charge in [0.2, 0.25) is 0 Å². The summed E-state index contributed by atoms with van der Waals surface area (Å²) in [5, 5.41) is 0. The highest BCUT2D eigenvalue weighted by molar-refractivity contribution is 5.32. The van der Waals surface area contributed by atoms with Crippen molar-refractivity contribution in [2.75, 3.05) is 0 Å². The van der Waals surface area contributed by atoms with Crippen LogP contribution >= 0.6 is 0 Å². The molecule has 3 nitrogen and oxygen atoms in total. The summed E-state index contributed by atoms with van der Waals surface area (Å²) in [7, 11) is 0. The van der Waals surface area contributed by atoms with Crippen LogP contribution in [0.15, 0.2) is 59.5 Å². The van der Waals surface area contributed by atoms with Crippen molar-refractivity contribution in [2.45, 2.75) is 5.92 Å². The van der Waals surface area contributed by atoms with Crippen molar-refractivity contribution < 1.29 is 4.42 Å². The molecule has 0 amide bonds. The largest absolute Gasteiger partial charge is 0.468 e. The molecule has 0 aliphatic rings. The maximum Gasteiger partial charge on any atom is 0.118 e.